The molecule has 0 radical (unpaired) electrons. The van der Waals surface area contributed by atoms with Gasteiger partial charge in [-0.2, -0.15) is 29.8 Å². The van der Waals surface area contributed by atoms with Crippen LogP contribution in [0.15, 0.2) is 70.8 Å². The predicted molar refractivity (Wildman–Crippen MR) is 280 cm³/mol. The molecule has 12 rings (SSSR count). The molecule has 0 saturated heterocycles. The maximum absolute atomic E-state index is 14.5. The third kappa shape index (κ3) is 6.90. The smallest absolute Gasteiger partial charge is 0.194 e. The van der Waals surface area contributed by atoms with Crippen molar-refractivity contribution >= 4 is 114 Å². The number of ether oxygens (including phenoxy) is 2. The number of hydrogen-bond donors (Lipinski definition) is 2. The van der Waals surface area contributed by atoms with Crippen molar-refractivity contribution in [3.63, 3.8) is 0 Å². The molecule has 364 valence electrons. The first-order valence-corrected chi connectivity index (χ1v) is 26.2. The summed E-state index contributed by atoms with van der Waals surface area (Å²) in [5.74, 6) is -5.28. The number of halogens is 4. The van der Waals surface area contributed by atoms with Gasteiger partial charge in [-0.25, -0.2) is 17.6 Å². The van der Waals surface area contributed by atoms with Gasteiger partial charge in [0.25, 0.3) is 0 Å². The lowest BCUT2D eigenvalue weighted by atomic mass is 9.93. The number of allylic oxidation sites excluding steroid dienone is 6. The number of Topliss-reactive ketones (excluding diaryl/α,β-unsaturated/α-hetero) is 2. The van der Waals surface area contributed by atoms with E-state index in [4.69, 9.17) is 29.7 Å². The number of nitriles is 4. The number of aromatic nitrogens is 2. The minimum absolute atomic E-state index is 0.0514. The fraction of sp³-hybridized carbons (Fsp3) is 0.111. The van der Waals surface area contributed by atoms with E-state index in [1.165, 1.54) is 57.5 Å². The van der Waals surface area contributed by atoms with E-state index >= 15 is 0 Å². The van der Waals surface area contributed by atoms with Gasteiger partial charge in [-0.15, -0.1) is 45.3 Å². The number of rotatable bonds is 4. The van der Waals surface area contributed by atoms with Crippen molar-refractivity contribution in [2.45, 2.75) is 38.9 Å². The second kappa shape index (κ2) is 16.5. The zero-order valence-electron chi connectivity index (χ0n) is 38.8. The molecule has 0 unspecified atom stereocenters. The van der Waals surface area contributed by atoms with E-state index in [0.29, 0.717) is 62.9 Å². The van der Waals surface area contributed by atoms with Gasteiger partial charge >= 0.3 is 0 Å². The minimum atomic E-state index is -1.24. The third-order valence-corrected chi connectivity index (χ3v) is 18.6. The van der Waals surface area contributed by atoms with E-state index in [-0.39, 0.29) is 55.9 Å². The van der Waals surface area contributed by atoms with Crippen LogP contribution in [0.25, 0.3) is 74.7 Å². The highest BCUT2D eigenvalue weighted by molar-refractivity contribution is 7.25. The number of thiophene rings is 4. The zero-order chi connectivity index (χ0) is 52.9. The summed E-state index contributed by atoms with van der Waals surface area (Å²) < 4.78 is 80.4. The molecule has 5 aromatic heterocycles. The molecule has 12 nitrogen and oxygen atoms in total. The van der Waals surface area contributed by atoms with E-state index in [0.717, 1.165) is 56.9 Å². The second-order valence-corrected chi connectivity index (χ2v) is 23.3. The number of nitrogens with two attached hydrogens (primary N) is 2. The van der Waals surface area contributed by atoms with Crippen LogP contribution in [0.2, 0.25) is 0 Å². The summed E-state index contributed by atoms with van der Waals surface area (Å²) in [4.78, 5) is 33.0. The lowest BCUT2D eigenvalue weighted by molar-refractivity contribution is 0.103. The molecule has 4 aliphatic rings. The Labute approximate surface area is 441 Å². The second-order valence-electron chi connectivity index (χ2n) is 18.5. The molecule has 2 aliphatic heterocycles. The monoisotopic (exact) mass is 1090 g/mol. The molecule has 75 heavy (non-hydrogen) atoms. The van der Waals surface area contributed by atoms with Crippen LogP contribution in [0, 0.1) is 68.6 Å². The summed E-state index contributed by atoms with van der Waals surface area (Å²) in [6.45, 7) is 7.62. The molecule has 0 spiro atoms. The first-order valence-electron chi connectivity index (χ1n) is 22.2. The van der Waals surface area contributed by atoms with Crippen LogP contribution in [0.5, 0.6) is 11.5 Å². The SMILES string of the molecule is CC1(C)Oc2cc(/C=C3\C(=O)c4cc(F)c(F)cc4C3=C(C#N)C#N)sc2-c2sc(-c3c(N)c(N)c(-c4cc5c(s4)-c4sc(/C=C6\C(=O)c7cc(F)c(F)cc7C6=C(C#N)C#N)cc4OC5(C)C)c4nsnc34)cc21. The highest BCUT2D eigenvalue weighted by atomic mass is 32.1. The standard InChI is InChI=1S/C54H26F4N8O4S5/c1-53(2)29-13-37(73-49(29)51-35(69-53)7-21(71-51)5-27-39(19(15-59)16-60)23-9-31(55)33(57)11-25(23)47(27)67)41-43(63)44(64)42(46-45(41)65-75-66-46)38-14-30-50(74-38)52-36(70-54(30,3)4)8-22(72-52)6-28-40(20(17-61)18-62)24-10-32(56)34(58)12-26(24)48(28)68/h5-14H,63-64H2,1-4H3/b27-5-,28-6-. The Bertz CT molecular complexity index is 4070. The van der Waals surface area contributed by atoms with Crippen molar-refractivity contribution in [1.29, 1.82) is 21.0 Å². The van der Waals surface area contributed by atoms with Crippen LogP contribution in [-0.2, 0) is 11.2 Å². The van der Waals surface area contributed by atoms with Crippen molar-refractivity contribution in [3.8, 4) is 76.2 Å². The maximum atomic E-state index is 14.5. The number of nitrogens with zero attached hydrogens (tertiary/aromatic N) is 6. The van der Waals surface area contributed by atoms with Crippen molar-refractivity contribution < 1.29 is 36.6 Å². The minimum Gasteiger partial charge on any atom is -0.482 e. The Hall–Kier alpha value is -8.54. The van der Waals surface area contributed by atoms with E-state index in [9.17, 15) is 48.2 Å². The molecule has 0 fully saturated rings. The quantitative estimate of drug-likeness (QED) is 0.0726. The Morgan fingerprint density at radius 3 is 1.27 bits per heavy atom. The Morgan fingerprint density at radius 2 is 0.907 bits per heavy atom. The number of carbonyl (C=O) groups excluding carboxylic acids is 2. The highest BCUT2D eigenvalue weighted by Crippen LogP contribution is 2.59. The van der Waals surface area contributed by atoms with Crippen LogP contribution in [0.4, 0.5) is 28.9 Å². The molecule has 0 bridgehead atoms. The molecule has 0 saturated carbocycles. The van der Waals surface area contributed by atoms with Crippen molar-refractivity contribution in [3.05, 3.63) is 137 Å². The number of anilines is 2. The Morgan fingerprint density at radius 1 is 0.547 bits per heavy atom. The number of benzene rings is 3. The van der Waals surface area contributed by atoms with Gasteiger partial charge in [0.15, 0.2) is 34.8 Å². The summed E-state index contributed by atoms with van der Waals surface area (Å²) >= 11 is 6.41. The van der Waals surface area contributed by atoms with E-state index in [2.05, 4.69) is 0 Å². The molecule has 4 N–H and O–H groups in total. The van der Waals surface area contributed by atoms with Gasteiger partial charge in [-0.3, -0.25) is 9.59 Å². The molecular weight excluding hydrogens is 1060 g/mol. The number of ketones is 2. The van der Waals surface area contributed by atoms with Crippen LogP contribution < -0.4 is 20.9 Å². The molecule has 0 atom stereocenters. The number of fused-ring (bicyclic) bond motifs is 9. The van der Waals surface area contributed by atoms with Crippen LogP contribution in [0.3, 0.4) is 0 Å². The molecular formula is C54H26F4N8O4S5. The molecule has 21 heteroatoms. The van der Waals surface area contributed by atoms with Crippen LogP contribution >= 0.6 is 57.1 Å². The summed E-state index contributed by atoms with van der Waals surface area (Å²) in [6.07, 6.45) is 2.98. The molecule has 8 aromatic rings. The summed E-state index contributed by atoms with van der Waals surface area (Å²) in [5, 5.41) is 39.3. The average molecular weight is 1090 g/mol. The van der Waals surface area contributed by atoms with Gasteiger partial charge in [-0.05, 0) is 99.5 Å². The van der Waals surface area contributed by atoms with E-state index < -0.39 is 57.2 Å². The van der Waals surface area contributed by atoms with Crippen molar-refractivity contribution in [1.82, 2.24) is 8.75 Å². The van der Waals surface area contributed by atoms with Gasteiger partial charge in [0, 0.05) is 75.2 Å². The fourth-order valence-electron chi connectivity index (χ4n) is 9.92. The van der Waals surface area contributed by atoms with Crippen molar-refractivity contribution in [2.24, 2.45) is 0 Å². The van der Waals surface area contributed by atoms with Gasteiger partial charge in [0.2, 0.25) is 0 Å². The van der Waals surface area contributed by atoms with Crippen LogP contribution in [0.1, 0.15) is 80.4 Å². The first-order chi connectivity index (χ1) is 35.8. The van der Waals surface area contributed by atoms with Gasteiger partial charge in [0.1, 0.15) is 69.2 Å². The lowest BCUT2D eigenvalue weighted by Crippen LogP contribution is -2.27. The summed E-state index contributed by atoms with van der Waals surface area (Å²) in [7, 11) is 0. The lowest BCUT2D eigenvalue weighted by Gasteiger charge is -2.31. The largest absolute Gasteiger partial charge is 0.482 e. The third-order valence-electron chi connectivity index (χ3n) is 13.3. The van der Waals surface area contributed by atoms with Crippen LogP contribution in [-0.4, -0.2) is 20.3 Å². The zero-order valence-corrected chi connectivity index (χ0v) is 42.9. The molecule has 2 aliphatic carbocycles. The molecule has 3 aromatic carbocycles. The highest BCUT2D eigenvalue weighted by Gasteiger charge is 2.41. The molecule has 0 amide bonds. The summed E-state index contributed by atoms with van der Waals surface area (Å²) in [6, 6.07) is 17.7. The Kier molecular flexibility index (Phi) is 10.4. The fourth-order valence-corrected chi connectivity index (χ4v) is 15.6. The number of carbonyl (C=O) groups is 2. The molecule has 7 heterocycles. The number of hydrogen-bond acceptors (Lipinski definition) is 17. The number of nitrogen functional groups attached to an aromatic ring is 2. The van der Waals surface area contributed by atoms with E-state index in [1.54, 1.807) is 36.4 Å². The summed E-state index contributed by atoms with van der Waals surface area (Å²) in [5.41, 5.74) is 15.1. The predicted octanol–water partition coefficient (Wildman–Crippen LogP) is 13.7. The van der Waals surface area contributed by atoms with Crippen molar-refractivity contribution in [2.75, 3.05) is 11.5 Å². The normalized spacial score (nSPS) is 16.3. The van der Waals surface area contributed by atoms with Gasteiger partial charge in [-0.1, -0.05) is 0 Å². The average Bonchev–Trinajstić information content (AvgIpc) is 4.27. The topological polar surface area (TPSA) is 226 Å². The van der Waals surface area contributed by atoms with E-state index in [1.807, 2.05) is 39.8 Å². The first kappa shape index (κ1) is 47.5. The van der Waals surface area contributed by atoms with Gasteiger partial charge in [0.05, 0.1) is 42.6 Å². The maximum Gasteiger partial charge on any atom is 0.194 e. The Balaban J connectivity index is 0.933. The van der Waals surface area contributed by atoms with Gasteiger partial charge < -0.3 is 20.9 Å².